The lowest BCUT2D eigenvalue weighted by Crippen LogP contribution is -2.25. The Labute approximate surface area is 119 Å². The van der Waals surface area contributed by atoms with Gasteiger partial charge in [0, 0.05) is 18.7 Å². The van der Waals surface area contributed by atoms with Crippen molar-refractivity contribution in [3.8, 4) is 0 Å². The van der Waals surface area contributed by atoms with Gasteiger partial charge in [0.05, 0.1) is 0 Å². The quantitative estimate of drug-likeness (QED) is 0.680. The molecule has 0 bridgehead atoms. The van der Waals surface area contributed by atoms with E-state index in [1.54, 1.807) is 6.07 Å². The zero-order valence-electron chi connectivity index (χ0n) is 11.9. The van der Waals surface area contributed by atoms with Gasteiger partial charge in [0.15, 0.2) is 0 Å². The molecule has 5 nitrogen and oxygen atoms in total. The summed E-state index contributed by atoms with van der Waals surface area (Å²) in [6.45, 7) is 2.49. The largest absolute Gasteiger partial charge is 0.481 e. The van der Waals surface area contributed by atoms with E-state index in [9.17, 15) is 9.59 Å². The fourth-order valence-corrected chi connectivity index (χ4v) is 1.89. The summed E-state index contributed by atoms with van der Waals surface area (Å²) in [5.41, 5.74) is 1.28. The van der Waals surface area contributed by atoms with Gasteiger partial charge < -0.3 is 10.4 Å². The molecule has 2 N–H and O–H groups in total. The first-order chi connectivity index (χ1) is 9.59. The number of carbonyl (C=O) groups excluding carboxylic acids is 1. The first-order valence-electron chi connectivity index (χ1n) is 7.03. The van der Waals surface area contributed by atoms with Gasteiger partial charge in [-0.15, -0.1) is 0 Å². The van der Waals surface area contributed by atoms with E-state index >= 15 is 0 Å². The Kier molecular flexibility index (Phi) is 7.32. The minimum absolute atomic E-state index is 0.139. The monoisotopic (exact) mass is 278 g/mol. The summed E-state index contributed by atoms with van der Waals surface area (Å²) >= 11 is 0. The van der Waals surface area contributed by atoms with Gasteiger partial charge in [-0.3, -0.25) is 9.59 Å². The minimum atomic E-state index is -0.733. The third-order valence-corrected chi connectivity index (χ3v) is 2.97. The van der Waals surface area contributed by atoms with Crippen molar-refractivity contribution in [1.82, 2.24) is 10.3 Å². The first kappa shape index (κ1) is 16.1. The number of amides is 1. The number of pyridine rings is 1. The lowest BCUT2D eigenvalue weighted by atomic mass is 10.1. The molecule has 0 unspecified atom stereocenters. The zero-order chi connectivity index (χ0) is 14.8. The second-order valence-corrected chi connectivity index (χ2v) is 4.83. The highest BCUT2D eigenvalue weighted by Gasteiger charge is 2.05. The highest BCUT2D eigenvalue weighted by Crippen LogP contribution is 2.05. The number of carbonyl (C=O) groups is 2. The average Bonchev–Trinajstić information content (AvgIpc) is 2.41. The summed E-state index contributed by atoms with van der Waals surface area (Å²) in [7, 11) is 0. The van der Waals surface area contributed by atoms with E-state index < -0.39 is 5.97 Å². The summed E-state index contributed by atoms with van der Waals surface area (Å²) < 4.78 is 0. The molecule has 0 aliphatic carbocycles. The maximum Gasteiger partial charge on any atom is 0.303 e. The van der Waals surface area contributed by atoms with Crippen molar-refractivity contribution < 1.29 is 14.7 Å². The van der Waals surface area contributed by atoms with Crippen LogP contribution in [0.3, 0.4) is 0 Å². The van der Waals surface area contributed by atoms with Crippen LogP contribution in [0.5, 0.6) is 0 Å². The number of unbranched alkanes of at least 4 members (excludes halogenated alkanes) is 4. The van der Waals surface area contributed by atoms with Gasteiger partial charge in [-0.05, 0) is 31.9 Å². The molecular formula is C15H22N2O3. The molecule has 0 fully saturated rings. The normalized spacial score (nSPS) is 10.2. The van der Waals surface area contributed by atoms with Crippen LogP contribution in [0.1, 0.15) is 54.7 Å². The van der Waals surface area contributed by atoms with E-state index in [0.717, 1.165) is 37.8 Å². The summed E-state index contributed by atoms with van der Waals surface area (Å²) in [4.78, 5) is 26.2. The molecule has 1 aromatic heterocycles. The highest BCUT2D eigenvalue weighted by molar-refractivity contribution is 5.92. The van der Waals surface area contributed by atoms with Crippen LogP contribution in [0, 0.1) is 6.92 Å². The van der Waals surface area contributed by atoms with E-state index in [1.807, 2.05) is 19.1 Å². The van der Waals surface area contributed by atoms with Crippen LogP contribution >= 0.6 is 0 Å². The van der Waals surface area contributed by atoms with E-state index in [-0.39, 0.29) is 12.3 Å². The van der Waals surface area contributed by atoms with Gasteiger partial charge >= 0.3 is 5.97 Å². The third-order valence-electron chi connectivity index (χ3n) is 2.97. The number of carboxylic acid groups (broad SMARTS) is 1. The SMILES string of the molecule is Cc1cccc(C(=O)NCCCCCCCC(=O)O)n1. The molecule has 110 valence electrons. The molecule has 20 heavy (non-hydrogen) atoms. The summed E-state index contributed by atoms with van der Waals surface area (Å²) in [6.07, 6.45) is 4.82. The standard InChI is InChI=1S/C15H22N2O3/c1-12-8-7-9-13(17-12)15(20)16-11-6-4-2-3-5-10-14(18)19/h7-9H,2-6,10-11H2,1H3,(H,16,20)(H,18,19). The van der Waals surface area contributed by atoms with Gasteiger partial charge in [0.2, 0.25) is 0 Å². The first-order valence-corrected chi connectivity index (χ1v) is 7.03. The Hall–Kier alpha value is -1.91. The molecule has 0 aromatic carbocycles. The van der Waals surface area contributed by atoms with Gasteiger partial charge in [-0.2, -0.15) is 0 Å². The number of carboxylic acids is 1. The molecule has 1 amide bonds. The zero-order valence-corrected chi connectivity index (χ0v) is 11.9. The molecular weight excluding hydrogens is 256 g/mol. The lowest BCUT2D eigenvalue weighted by Gasteiger charge is -2.05. The number of aromatic nitrogens is 1. The van der Waals surface area contributed by atoms with Gasteiger partial charge in [0.25, 0.3) is 5.91 Å². The van der Waals surface area contributed by atoms with Crippen molar-refractivity contribution in [3.05, 3.63) is 29.6 Å². The highest BCUT2D eigenvalue weighted by atomic mass is 16.4. The Morgan fingerprint density at radius 1 is 1.15 bits per heavy atom. The van der Waals surface area contributed by atoms with Gasteiger partial charge in [0.1, 0.15) is 5.69 Å². The molecule has 1 rings (SSSR count). The van der Waals surface area contributed by atoms with E-state index in [4.69, 9.17) is 5.11 Å². The van der Waals surface area contributed by atoms with Crippen LogP contribution in [0.25, 0.3) is 0 Å². The smallest absolute Gasteiger partial charge is 0.303 e. The summed E-state index contributed by atoms with van der Waals surface area (Å²) in [6, 6.07) is 5.38. The Balaban J connectivity index is 2.06. The third kappa shape index (κ3) is 6.87. The second-order valence-electron chi connectivity index (χ2n) is 4.83. The maximum absolute atomic E-state index is 11.8. The van der Waals surface area contributed by atoms with Crippen LogP contribution in [0.15, 0.2) is 18.2 Å². The minimum Gasteiger partial charge on any atom is -0.481 e. The molecule has 0 radical (unpaired) electrons. The fraction of sp³-hybridized carbons (Fsp3) is 0.533. The summed E-state index contributed by atoms with van der Waals surface area (Å²) in [5.74, 6) is -0.873. The topological polar surface area (TPSA) is 79.3 Å². The number of nitrogens with zero attached hydrogens (tertiary/aromatic N) is 1. The van der Waals surface area contributed by atoms with Gasteiger partial charge in [-0.25, -0.2) is 4.98 Å². The molecule has 5 heteroatoms. The van der Waals surface area contributed by atoms with E-state index in [2.05, 4.69) is 10.3 Å². The van der Waals surface area contributed by atoms with Crippen molar-refractivity contribution >= 4 is 11.9 Å². The van der Waals surface area contributed by atoms with E-state index in [0.29, 0.717) is 12.2 Å². The second kappa shape index (κ2) is 9.07. The predicted octanol–water partition coefficient (Wildman–Crippen LogP) is 2.55. The molecule has 0 saturated carbocycles. The Morgan fingerprint density at radius 3 is 2.55 bits per heavy atom. The van der Waals surface area contributed by atoms with Crippen molar-refractivity contribution in [2.45, 2.75) is 45.4 Å². The number of aryl methyl sites for hydroxylation is 1. The summed E-state index contributed by atoms with van der Waals surface area (Å²) in [5, 5.41) is 11.3. The van der Waals surface area contributed by atoms with Crippen molar-refractivity contribution in [1.29, 1.82) is 0 Å². The van der Waals surface area contributed by atoms with Crippen LogP contribution < -0.4 is 5.32 Å². The molecule has 0 aliphatic rings. The Bertz CT molecular complexity index is 446. The van der Waals surface area contributed by atoms with E-state index in [1.165, 1.54) is 0 Å². The number of aliphatic carboxylic acids is 1. The van der Waals surface area contributed by atoms with Crippen molar-refractivity contribution in [3.63, 3.8) is 0 Å². The molecule has 0 spiro atoms. The number of hydrogen-bond acceptors (Lipinski definition) is 3. The molecule has 1 heterocycles. The lowest BCUT2D eigenvalue weighted by molar-refractivity contribution is -0.137. The molecule has 1 aromatic rings. The number of hydrogen-bond donors (Lipinski definition) is 2. The molecule has 0 saturated heterocycles. The van der Waals surface area contributed by atoms with Crippen molar-refractivity contribution in [2.75, 3.05) is 6.54 Å². The Morgan fingerprint density at radius 2 is 1.85 bits per heavy atom. The maximum atomic E-state index is 11.8. The number of nitrogens with one attached hydrogen (secondary N) is 1. The fourth-order valence-electron chi connectivity index (χ4n) is 1.89. The average molecular weight is 278 g/mol. The molecule has 0 aliphatic heterocycles. The van der Waals surface area contributed by atoms with Crippen LogP contribution in [0.4, 0.5) is 0 Å². The number of rotatable bonds is 9. The molecule has 0 atom stereocenters. The van der Waals surface area contributed by atoms with Crippen molar-refractivity contribution in [2.24, 2.45) is 0 Å². The van der Waals surface area contributed by atoms with Crippen LogP contribution in [-0.4, -0.2) is 28.5 Å². The van der Waals surface area contributed by atoms with Crippen LogP contribution in [0.2, 0.25) is 0 Å². The predicted molar refractivity (Wildman–Crippen MR) is 76.6 cm³/mol. The van der Waals surface area contributed by atoms with Gasteiger partial charge in [-0.1, -0.05) is 25.3 Å². The van der Waals surface area contributed by atoms with Crippen LogP contribution in [-0.2, 0) is 4.79 Å².